The molecule has 5 heterocycles. The number of hydrogen-bond acceptors (Lipinski definition) is 6. The van der Waals surface area contributed by atoms with E-state index in [0.29, 0.717) is 50.2 Å². The van der Waals surface area contributed by atoms with Gasteiger partial charge in [0.1, 0.15) is 22.6 Å². The number of benzene rings is 4. The molecule has 294 valence electrons. The van der Waals surface area contributed by atoms with Gasteiger partial charge in [0.15, 0.2) is 23.3 Å². The highest BCUT2D eigenvalue weighted by atomic mass is 35.5. The maximum atomic E-state index is 7.80. The standard InChI is InChI=1S/C48H48Cl2N8/c1-45(2,3)33-31-32(36(50)35(47(7,8)9)34(33)46(4,5)6)42-54-40-30-28(22-17-23-29(30)49)39(53-40)57-44-27-21-16-15-20-26(27)43(58(44)48(10,11)12)56-38-25-19-14-13-18-24(25)37(51-38)52-41(31)55-42/h13-23H,1-12H3,(H,51,52,53,54,55,56,57). The van der Waals surface area contributed by atoms with Gasteiger partial charge < -0.3 is 9.55 Å². The molecule has 7 aromatic rings. The van der Waals surface area contributed by atoms with Crippen LogP contribution < -0.4 is 0 Å². The Morgan fingerprint density at radius 3 is 1.48 bits per heavy atom. The van der Waals surface area contributed by atoms with Crippen molar-refractivity contribution in [2.45, 2.75) is 105 Å². The van der Waals surface area contributed by atoms with Crippen LogP contribution in [0.25, 0.3) is 89.7 Å². The van der Waals surface area contributed by atoms with Crippen molar-refractivity contribution in [3.8, 4) is 45.6 Å². The zero-order valence-electron chi connectivity index (χ0n) is 35.2. The van der Waals surface area contributed by atoms with Crippen molar-refractivity contribution in [2.75, 3.05) is 0 Å². The fourth-order valence-electron chi connectivity index (χ4n) is 8.85. The Kier molecular flexibility index (Phi) is 8.37. The van der Waals surface area contributed by atoms with Crippen LogP contribution in [0.5, 0.6) is 0 Å². The van der Waals surface area contributed by atoms with Gasteiger partial charge in [-0.2, -0.15) is 0 Å². The molecule has 2 aliphatic rings. The van der Waals surface area contributed by atoms with Gasteiger partial charge in [0, 0.05) is 49.3 Å². The summed E-state index contributed by atoms with van der Waals surface area (Å²) in [7, 11) is 0. The number of halogens is 2. The Morgan fingerprint density at radius 2 is 0.931 bits per heavy atom. The molecule has 10 heteroatoms. The van der Waals surface area contributed by atoms with Crippen LogP contribution in [-0.2, 0) is 21.8 Å². The minimum Gasteiger partial charge on any atom is -0.324 e. The van der Waals surface area contributed by atoms with Gasteiger partial charge in [0.25, 0.3) is 0 Å². The van der Waals surface area contributed by atoms with E-state index in [1.165, 1.54) is 5.56 Å². The predicted molar refractivity (Wildman–Crippen MR) is 241 cm³/mol. The number of aromatic amines is 1. The van der Waals surface area contributed by atoms with Gasteiger partial charge in [0.05, 0.1) is 10.0 Å². The summed E-state index contributed by atoms with van der Waals surface area (Å²) in [6, 6.07) is 22.2. The number of aromatic nitrogens is 8. The Morgan fingerprint density at radius 1 is 0.466 bits per heavy atom. The van der Waals surface area contributed by atoms with Crippen LogP contribution in [0.2, 0.25) is 10.0 Å². The molecule has 0 saturated heterocycles. The SMILES string of the molecule is CC(C)(C)c1c(C(C)(C)C)c(C(C)(C)C)c2c3nc4nc(nc5c6ccccc6c(nc6nc(nc([nH]3)c2c1Cl)-c1c(Cl)cccc1-6)n5C(C)(C)C)-c1ccccc1-4. The van der Waals surface area contributed by atoms with Gasteiger partial charge in [-0.25, -0.2) is 29.9 Å². The third-order valence-corrected chi connectivity index (χ3v) is 11.8. The Bertz CT molecular complexity index is 3070. The summed E-state index contributed by atoms with van der Waals surface area (Å²) in [6.45, 7) is 26.7. The van der Waals surface area contributed by atoms with Crippen LogP contribution in [0.15, 0.2) is 66.7 Å². The summed E-state index contributed by atoms with van der Waals surface area (Å²) in [4.78, 5) is 35.8. The fraction of sp³-hybridized carbons (Fsp3) is 0.333. The molecule has 8 bridgehead atoms. The van der Waals surface area contributed by atoms with Crippen molar-refractivity contribution in [3.05, 3.63) is 93.5 Å². The lowest BCUT2D eigenvalue weighted by Crippen LogP contribution is -2.28. The van der Waals surface area contributed by atoms with Gasteiger partial charge >= 0.3 is 0 Å². The van der Waals surface area contributed by atoms with E-state index in [-0.39, 0.29) is 16.2 Å². The highest BCUT2D eigenvalue weighted by molar-refractivity contribution is 6.39. The summed E-state index contributed by atoms with van der Waals surface area (Å²) in [5, 5.41) is 4.77. The molecule has 0 saturated carbocycles. The third kappa shape index (κ3) is 5.85. The molecule has 2 aliphatic heterocycles. The second-order valence-electron chi connectivity index (χ2n) is 19.6. The second-order valence-corrected chi connectivity index (χ2v) is 20.4. The van der Waals surface area contributed by atoms with Gasteiger partial charge in [-0.05, 0) is 59.8 Å². The van der Waals surface area contributed by atoms with Crippen LogP contribution >= 0.6 is 23.2 Å². The molecule has 0 fully saturated rings. The van der Waals surface area contributed by atoms with Crippen LogP contribution in [0.3, 0.4) is 0 Å². The van der Waals surface area contributed by atoms with E-state index in [4.69, 9.17) is 53.1 Å². The number of nitrogens with one attached hydrogen (secondary N) is 1. The summed E-state index contributed by atoms with van der Waals surface area (Å²) >= 11 is 14.9. The van der Waals surface area contributed by atoms with E-state index < -0.39 is 5.54 Å². The van der Waals surface area contributed by atoms with Gasteiger partial charge in [-0.15, -0.1) is 0 Å². The second kappa shape index (κ2) is 12.7. The van der Waals surface area contributed by atoms with Crippen molar-refractivity contribution >= 4 is 67.3 Å². The first-order valence-corrected chi connectivity index (χ1v) is 20.6. The highest BCUT2D eigenvalue weighted by Gasteiger charge is 2.38. The maximum Gasteiger partial charge on any atom is 0.166 e. The highest BCUT2D eigenvalue weighted by Crippen LogP contribution is 2.51. The average molecular weight is 808 g/mol. The Hall–Kier alpha value is -5.18. The van der Waals surface area contributed by atoms with Crippen LogP contribution in [-0.4, -0.2) is 39.5 Å². The minimum atomic E-state index is -0.434. The lowest BCUT2D eigenvalue weighted by Gasteiger charge is -2.37. The number of H-pyrrole nitrogens is 1. The summed E-state index contributed by atoms with van der Waals surface area (Å²) < 4.78 is 2.19. The number of nitrogens with zero attached hydrogens (tertiary/aromatic N) is 7. The summed E-state index contributed by atoms with van der Waals surface area (Å²) in [6.07, 6.45) is 0. The van der Waals surface area contributed by atoms with Crippen molar-refractivity contribution in [1.29, 1.82) is 0 Å². The van der Waals surface area contributed by atoms with E-state index in [0.717, 1.165) is 60.7 Å². The molecule has 3 aromatic heterocycles. The first kappa shape index (κ1) is 38.3. The monoisotopic (exact) mass is 806 g/mol. The van der Waals surface area contributed by atoms with Gasteiger partial charge in [-0.1, -0.05) is 146 Å². The van der Waals surface area contributed by atoms with E-state index in [1.54, 1.807) is 0 Å². The molecular formula is C48H48Cl2N8. The summed E-state index contributed by atoms with van der Waals surface area (Å²) in [5.41, 5.74) is 8.06. The lowest BCUT2D eigenvalue weighted by atomic mass is 9.67. The molecular weight excluding hydrogens is 759 g/mol. The topological polar surface area (TPSA) is 98.1 Å². The lowest BCUT2D eigenvalue weighted by molar-refractivity contribution is 0.419. The van der Waals surface area contributed by atoms with Crippen molar-refractivity contribution in [2.24, 2.45) is 0 Å². The van der Waals surface area contributed by atoms with Crippen LogP contribution in [0.4, 0.5) is 0 Å². The molecule has 0 spiro atoms. The molecule has 4 aromatic carbocycles. The molecule has 0 radical (unpaired) electrons. The minimum absolute atomic E-state index is 0.266. The fourth-order valence-corrected chi connectivity index (χ4v) is 9.68. The van der Waals surface area contributed by atoms with Crippen LogP contribution in [0, 0.1) is 0 Å². The molecule has 8 nitrogen and oxygen atoms in total. The number of rotatable bonds is 0. The van der Waals surface area contributed by atoms with Gasteiger partial charge in [-0.3, -0.25) is 0 Å². The van der Waals surface area contributed by atoms with E-state index in [1.807, 2.05) is 42.5 Å². The Labute approximate surface area is 349 Å². The zero-order valence-corrected chi connectivity index (χ0v) is 36.7. The first-order chi connectivity index (χ1) is 27.1. The molecule has 0 aliphatic carbocycles. The van der Waals surface area contributed by atoms with E-state index in [2.05, 4.69) is 117 Å². The summed E-state index contributed by atoms with van der Waals surface area (Å²) in [5.74, 6) is 2.08. The Balaban J connectivity index is 1.62. The molecule has 0 unspecified atom stereocenters. The molecule has 1 N–H and O–H groups in total. The average Bonchev–Trinajstić information content (AvgIpc) is 3.84. The molecule has 0 atom stereocenters. The van der Waals surface area contributed by atoms with E-state index in [9.17, 15) is 0 Å². The molecule has 0 amide bonds. The largest absolute Gasteiger partial charge is 0.324 e. The van der Waals surface area contributed by atoms with Crippen molar-refractivity contribution in [3.63, 3.8) is 0 Å². The number of hydrogen-bond donors (Lipinski definition) is 1. The smallest absolute Gasteiger partial charge is 0.166 e. The first-order valence-electron chi connectivity index (χ1n) is 19.9. The molecule has 58 heavy (non-hydrogen) atoms. The van der Waals surface area contributed by atoms with Crippen LogP contribution in [0.1, 0.15) is 99.8 Å². The van der Waals surface area contributed by atoms with E-state index >= 15 is 0 Å². The zero-order chi connectivity index (χ0) is 41.4. The quantitative estimate of drug-likeness (QED) is 0.164. The normalized spacial score (nSPS) is 13.3. The van der Waals surface area contributed by atoms with Crippen molar-refractivity contribution in [1.82, 2.24) is 39.5 Å². The van der Waals surface area contributed by atoms with Crippen molar-refractivity contribution < 1.29 is 0 Å². The predicted octanol–water partition coefficient (Wildman–Crippen LogP) is 13.3. The number of fused-ring (bicyclic) bond motifs is 20. The maximum absolute atomic E-state index is 7.80. The molecule has 9 rings (SSSR count). The van der Waals surface area contributed by atoms with Gasteiger partial charge in [0.2, 0.25) is 0 Å². The third-order valence-electron chi connectivity index (χ3n) is 11.1.